The number of methoxy groups -OCH3 is 1. The van der Waals surface area contributed by atoms with Crippen molar-refractivity contribution in [3.8, 4) is 0 Å². The molecule has 0 radical (unpaired) electrons. The maximum Gasteiger partial charge on any atom is 0.339 e. The van der Waals surface area contributed by atoms with Crippen LogP contribution in [0.4, 0.5) is 17.5 Å². The second-order valence-electron chi connectivity index (χ2n) is 6.16. The molecule has 132 valence electrons. The molecule has 3 rings (SSSR count). The number of para-hydroxylation sites is 1. The van der Waals surface area contributed by atoms with Crippen LogP contribution in [0.25, 0.3) is 0 Å². The zero-order valence-electron chi connectivity index (χ0n) is 14.4. The molecule has 2 N–H and O–H groups in total. The summed E-state index contributed by atoms with van der Waals surface area (Å²) in [5.41, 5.74) is 1.01. The highest BCUT2D eigenvalue weighted by Gasteiger charge is 2.15. The topological polar surface area (TPSA) is 89.0 Å². The Morgan fingerprint density at radius 1 is 1.16 bits per heavy atom. The molecule has 1 aliphatic rings. The van der Waals surface area contributed by atoms with E-state index < -0.39 is 5.97 Å². The fraction of sp³-hybridized carbons (Fsp3) is 0.444. The van der Waals surface area contributed by atoms with Gasteiger partial charge in [-0.25, -0.2) is 4.79 Å². The van der Waals surface area contributed by atoms with Crippen LogP contribution in [0.1, 0.15) is 48.9 Å². The summed E-state index contributed by atoms with van der Waals surface area (Å²) in [5, 5.41) is 14.5. The second-order valence-corrected chi connectivity index (χ2v) is 6.16. The van der Waals surface area contributed by atoms with E-state index in [9.17, 15) is 4.79 Å². The number of nitrogens with one attached hydrogen (secondary N) is 2. The van der Waals surface area contributed by atoms with Crippen LogP contribution in [0.2, 0.25) is 0 Å². The van der Waals surface area contributed by atoms with Gasteiger partial charge in [0.1, 0.15) is 0 Å². The minimum absolute atomic E-state index is 0.343. The van der Waals surface area contributed by atoms with Gasteiger partial charge in [0.2, 0.25) is 5.95 Å². The van der Waals surface area contributed by atoms with E-state index >= 15 is 0 Å². The average molecular weight is 341 g/mol. The average Bonchev–Trinajstić information content (AvgIpc) is 2.90. The van der Waals surface area contributed by atoms with Crippen molar-refractivity contribution < 1.29 is 9.53 Å². The van der Waals surface area contributed by atoms with Crippen molar-refractivity contribution >= 4 is 23.4 Å². The molecule has 25 heavy (non-hydrogen) atoms. The molecule has 1 saturated carbocycles. The third-order valence-electron chi connectivity index (χ3n) is 4.34. The van der Waals surface area contributed by atoms with Gasteiger partial charge in [0.15, 0.2) is 5.82 Å². The molecule has 0 amide bonds. The Hall–Kier alpha value is -2.70. The summed E-state index contributed by atoms with van der Waals surface area (Å²) in [5.74, 6) is 0.624. The van der Waals surface area contributed by atoms with Gasteiger partial charge < -0.3 is 15.4 Å². The van der Waals surface area contributed by atoms with E-state index in [0.29, 0.717) is 29.1 Å². The number of anilines is 3. The van der Waals surface area contributed by atoms with E-state index in [4.69, 9.17) is 4.74 Å². The summed E-state index contributed by atoms with van der Waals surface area (Å²) in [6.45, 7) is 0. The Morgan fingerprint density at radius 3 is 2.68 bits per heavy atom. The Balaban J connectivity index is 1.73. The molecule has 1 heterocycles. The predicted molar refractivity (Wildman–Crippen MR) is 96.0 cm³/mol. The number of hydrogen-bond acceptors (Lipinski definition) is 7. The standard InChI is InChI=1S/C18H23N5O2/c1-25-17(24)14-10-6-7-11-15(14)21-18-22-16(12-19-23-18)20-13-8-4-2-3-5-9-13/h6-7,10-13H,2-5,8-9H2,1H3,(H2,20,21,22,23). The first-order valence-electron chi connectivity index (χ1n) is 8.67. The highest BCUT2D eigenvalue weighted by molar-refractivity contribution is 5.96. The number of carbonyl (C=O) groups excluding carboxylic acids is 1. The number of rotatable bonds is 5. The van der Waals surface area contributed by atoms with E-state index in [1.165, 1.54) is 32.8 Å². The van der Waals surface area contributed by atoms with Gasteiger partial charge in [-0.15, -0.1) is 5.10 Å². The lowest BCUT2D eigenvalue weighted by molar-refractivity contribution is 0.0602. The number of nitrogens with zero attached hydrogens (tertiary/aromatic N) is 3. The molecule has 7 heteroatoms. The molecule has 0 spiro atoms. The molecule has 7 nitrogen and oxygen atoms in total. The van der Waals surface area contributed by atoms with Gasteiger partial charge in [-0.05, 0) is 25.0 Å². The van der Waals surface area contributed by atoms with Crippen molar-refractivity contribution in [2.24, 2.45) is 0 Å². The first-order chi connectivity index (χ1) is 12.3. The zero-order chi connectivity index (χ0) is 17.5. The third-order valence-corrected chi connectivity index (χ3v) is 4.34. The maximum atomic E-state index is 11.9. The van der Waals surface area contributed by atoms with Crippen LogP contribution >= 0.6 is 0 Å². The maximum absolute atomic E-state index is 11.9. The van der Waals surface area contributed by atoms with Gasteiger partial charge in [0.05, 0.1) is 24.6 Å². The van der Waals surface area contributed by atoms with Crippen LogP contribution in [0.5, 0.6) is 0 Å². The van der Waals surface area contributed by atoms with E-state index in [2.05, 4.69) is 25.8 Å². The summed E-state index contributed by atoms with van der Waals surface area (Å²) in [4.78, 5) is 16.3. The molecule has 0 aliphatic heterocycles. The molecule has 1 fully saturated rings. The zero-order valence-corrected chi connectivity index (χ0v) is 14.4. The molecule has 1 aliphatic carbocycles. The Kier molecular flexibility index (Phi) is 5.77. The van der Waals surface area contributed by atoms with Crippen molar-refractivity contribution in [2.75, 3.05) is 17.7 Å². The summed E-state index contributed by atoms with van der Waals surface area (Å²) in [7, 11) is 1.36. The molecular formula is C18H23N5O2. The van der Waals surface area contributed by atoms with Crippen molar-refractivity contribution in [3.63, 3.8) is 0 Å². The van der Waals surface area contributed by atoms with Crippen LogP contribution in [-0.2, 0) is 4.74 Å². The molecule has 2 aromatic rings. The van der Waals surface area contributed by atoms with Crippen LogP contribution in [-0.4, -0.2) is 34.3 Å². The van der Waals surface area contributed by atoms with E-state index in [1.807, 2.05) is 6.07 Å². The number of hydrogen-bond donors (Lipinski definition) is 2. The van der Waals surface area contributed by atoms with Gasteiger partial charge in [-0.3, -0.25) is 0 Å². The molecule has 0 saturated heterocycles. The fourth-order valence-electron chi connectivity index (χ4n) is 3.06. The van der Waals surface area contributed by atoms with Gasteiger partial charge >= 0.3 is 5.97 Å². The smallest absolute Gasteiger partial charge is 0.339 e. The molecule has 1 aromatic heterocycles. The largest absolute Gasteiger partial charge is 0.465 e. The first-order valence-corrected chi connectivity index (χ1v) is 8.67. The lowest BCUT2D eigenvalue weighted by Crippen LogP contribution is -2.19. The van der Waals surface area contributed by atoms with Gasteiger partial charge in [0.25, 0.3) is 0 Å². The minimum atomic E-state index is -0.413. The first kappa shape index (κ1) is 17.1. The van der Waals surface area contributed by atoms with E-state index in [1.54, 1.807) is 24.4 Å². The summed E-state index contributed by atoms with van der Waals surface area (Å²) in [6.07, 6.45) is 9.02. The predicted octanol–water partition coefficient (Wildman–Crippen LogP) is 3.54. The highest BCUT2D eigenvalue weighted by atomic mass is 16.5. The Bertz CT molecular complexity index is 714. The second kappa shape index (κ2) is 8.41. The number of esters is 1. The third kappa shape index (κ3) is 4.65. The van der Waals surface area contributed by atoms with Crippen LogP contribution in [0.3, 0.4) is 0 Å². The molecule has 0 unspecified atom stereocenters. The van der Waals surface area contributed by atoms with Crippen LogP contribution in [0, 0.1) is 0 Å². The van der Waals surface area contributed by atoms with E-state index in [-0.39, 0.29) is 0 Å². The van der Waals surface area contributed by atoms with Crippen molar-refractivity contribution in [3.05, 3.63) is 36.0 Å². The van der Waals surface area contributed by atoms with Gasteiger partial charge in [-0.2, -0.15) is 10.1 Å². The van der Waals surface area contributed by atoms with Crippen molar-refractivity contribution in [1.82, 2.24) is 15.2 Å². The number of aromatic nitrogens is 3. The van der Waals surface area contributed by atoms with Gasteiger partial charge in [0, 0.05) is 6.04 Å². The molecular weight excluding hydrogens is 318 g/mol. The molecule has 1 aromatic carbocycles. The summed E-state index contributed by atoms with van der Waals surface area (Å²) >= 11 is 0. The SMILES string of the molecule is COC(=O)c1ccccc1Nc1nncc(NC2CCCCCC2)n1. The lowest BCUT2D eigenvalue weighted by Gasteiger charge is -2.17. The number of ether oxygens (including phenoxy) is 1. The Morgan fingerprint density at radius 2 is 1.92 bits per heavy atom. The number of benzene rings is 1. The van der Waals surface area contributed by atoms with E-state index in [0.717, 1.165) is 12.8 Å². The Labute approximate surface area is 147 Å². The quantitative estimate of drug-likeness (QED) is 0.635. The monoisotopic (exact) mass is 341 g/mol. The van der Waals surface area contributed by atoms with Crippen molar-refractivity contribution in [2.45, 2.75) is 44.6 Å². The van der Waals surface area contributed by atoms with Crippen molar-refractivity contribution in [1.29, 1.82) is 0 Å². The summed E-state index contributed by atoms with van der Waals surface area (Å²) < 4.78 is 4.80. The van der Waals surface area contributed by atoms with Crippen LogP contribution < -0.4 is 10.6 Å². The normalized spacial score (nSPS) is 15.2. The molecule has 0 bridgehead atoms. The van der Waals surface area contributed by atoms with Crippen LogP contribution in [0.15, 0.2) is 30.5 Å². The summed E-state index contributed by atoms with van der Waals surface area (Å²) in [6, 6.07) is 7.50. The molecule has 0 atom stereocenters. The fourth-order valence-corrected chi connectivity index (χ4v) is 3.06. The lowest BCUT2D eigenvalue weighted by atomic mass is 10.1. The highest BCUT2D eigenvalue weighted by Crippen LogP contribution is 2.22. The number of carbonyl (C=O) groups is 1. The minimum Gasteiger partial charge on any atom is -0.465 e. The van der Waals surface area contributed by atoms with Gasteiger partial charge in [-0.1, -0.05) is 37.8 Å².